The lowest BCUT2D eigenvalue weighted by Gasteiger charge is -2.14. The molecule has 5 heteroatoms. The van der Waals surface area contributed by atoms with Crippen molar-refractivity contribution in [2.24, 2.45) is 0 Å². The number of carbonyl (C=O) groups is 1. The van der Waals surface area contributed by atoms with Crippen LogP contribution in [0.1, 0.15) is 16.7 Å². The van der Waals surface area contributed by atoms with Gasteiger partial charge in [0.15, 0.2) is 0 Å². The summed E-state index contributed by atoms with van der Waals surface area (Å²) in [7, 11) is 0. The predicted molar refractivity (Wildman–Crippen MR) is 66.2 cm³/mol. The Morgan fingerprint density at radius 1 is 1.47 bits per heavy atom. The fraction of sp³-hybridized carbons (Fsp3) is 0.333. The molecule has 4 nitrogen and oxygen atoms in total. The maximum absolute atomic E-state index is 10.8. The number of hydrogen-bond acceptors (Lipinski definition) is 4. The summed E-state index contributed by atoms with van der Waals surface area (Å²) in [6, 6.07) is 5.46. The van der Waals surface area contributed by atoms with Gasteiger partial charge in [-0.3, -0.25) is 0 Å². The summed E-state index contributed by atoms with van der Waals surface area (Å²) in [5.41, 5.74) is 1.25. The van der Waals surface area contributed by atoms with E-state index in [0.717, 1.165) is 22.9 Å². The first-order valence-electron chi connectivity index (χ1n) is 4.93. The number of rotatable bonds is 4. The Bertz CT molecular complexity index is 456. The van der Waals surface area contributed by atoms with Gasteiger partial charge >= 0.3 is 5.97 Å². The number of benzene rings is 1. The fourth-order valence-corrected chi connectivity index (χ4v) is 1.90. The summed E-state index contributed by atoms with van der Waals surface area (Å²) in [5.74, 6) is -0.544. The molecule has 90 valence electrons. The molecule has 0 saturated heterocycles. The second-order valence-corrected chi connectivity index (χ2v) is 4.47. The van der Waals surface area contributed by atoms with Gasteiger partial charge < -0.3 is 9.84 Å². The van der Waals surface area contributed by atoms with Gasteiger partial charge in [0.05, 0.1) is 11.6 Å². The largest absolute Gasteiger partial charge is 0.478 e. The number of aliphatic carboxylic acids is 1. The van der Waals surface area contributed by atoms with Gasteiger partial charge in [0.25, 0.3) is 0 Å². The van der Waals surface area contributed by atoms with Crippen LogP contribution in [-0.2, 0) is 4.79 Å². The van der Waals surface area contributed by atoms with Gasteiger partial charge in [0.2, 0.25) is 5.44 Å². The Balaban J connectivity index is 3.02. The van der Waals surface area contributed by atoms with Crippen molar-refractivity contribution in [3.8, 4) is 11.8 Å². The lowest BCUT2D eigenvalue weighted by Crippen LogP contribution is -2.22. The monoisotopic (exact) mass is 251 g/mol. The van der Waals surface area contributed by atoms with Crippen LogP contribution >= 0.6 is 11.8 Å². The van der Waals surface area contributed by atoms with Gasteiger partial charge in [-0.1, -0.05) is 0 Å². The molecule has 0 aliphatic carbocycles. The number of ether oxygens (including phenoxy) is 1. The van der Waals surface area contributed by atoms with Crippen molar-refractivity contribution >= 4 is 17.7 Å². The third-order valence-corrected chi connectivity index (χ3v) is 3.00. The summed E-state index contributed by atoms with van der Waals surface area (Å²) in [6.07, 6.45) is 1.67. The zero-order chi connectivity index (χ0) is 13.0. The SMILES string of the molecule is CSC(Oc1cc(C)c(C#N)c(C)c1)C(=O)O. The highest BCUT2D eigenvalue weighted by molar-refractivity contribution is 7.99. The molecule has 0 aliphatic heterocycles. The zero-order valence-corrected chi connectivity index (χ0v) is 10.7. The van der Waals surface area contributed by atoms with Crippen LogP contribution in [0.5, 0.6) is 5.75 Å². The van der Waals surface area contributed by atoms with Crippen molar-refractivity contribution in [3.63, 3.8) is 0 Å². The molecule has 0 amide bonds. The number of carboxylic acid groups (broad SMARTS) is 1. The van der Waals surface area contributed by atoms with Crippen molar-refractivity contribution in [2.45, 2.75) is 19.3 Å². The van der Waals surface area contributed by atoms with Crippen molar-refractivity contribution in [2.75, 3.05) is 6.26 Å². The molecule has 1 N–H and O–H groups in total. The molecule has 0 aliphatic rings. The summed E-state index contributed by atoms with van der Waals surface area (Å²) >= 11 is 1.11. The maximum atomic E-state index is 10.8. The number of nitriles is 1. The molecule has 0 heterocycles. The molecule has 17 heavy (non-hydrogen) atoms. The highest BCUT2D eigenvalue weighted by Crippen LogP contribution is 2.23. The fourth-order valence-electron chi connectivity index (χ4n) is 1.49. The maximum Gasteiger partial charge on any atom is 0.355 e. The number of carboxylic acids is 1. The van der Waals surface area contributed by atoms with Gasteiger partial charge in [-0.05, 0) is 43.4 Å². The molecule has 0 bridgehead atoms. The quantitative estimate of drug-likeness (QED) is 0.831. The molecule has 0 saturated carbocycles. The highest BCUT2D eigenvalue weighted by atomic mass is 32.2. The van der Waals surface area contributed by atoms with Crippen LogP contribution in [0.15, 0.2) is 12.1 Å². The summed E-state index contributed by atoms with van der Waals surface area (Å²) in [6.45, 7) is 3.60. The zero-order valence-electron chi connectivity index (χ0n) is 9.85. The van der Waals surface area contributed by atoms with Crippen LogP contribution in [0.25, 0.3) is 0 Å². The molecule has 1 atom stereocenters. The smallest absolute Gasteiger partial charge is 0.355 e. The standard InChI is InChI=1S/C12H13NO3S/c1-7-4-9(5-8(2)10(7)6-13)16-12(17-3)11(14)15/h4-5,12H,1-3H3,(H,14,15). The first-order valence-corrected chi connectivity index (χ1v) is 6.22. The van der Waals surface area contributed by atoms with Gasteiger partial charge in [0, 0.05) is 0 Å². The van der Waals surface area contributed by atoms with E-state index in [1.54, 1.807) is 32.2 Å². The van der Waals surface area contributed by atoms with E-state index in [2.05, 4.69) is 6.07 Å². The molecule has 0 radical (unpaired) electrons. The lowest BCUT2D eigenvalue weighted by molar-refractivity contribution is -0.140. The van der Waals surface area contributed by atoms with Crippen LogP contribution in [0.2, 0.25) is 0 Å². The van der Waals surface area contributed by atoms with E-state index in [1.807, 2.05) is 0 Å². The van der Waals surface area contributed by atoms with Crippen LogP contribution < -0.4 is 4.74 Å². The molecule has 1 aromatic rings. The van der Waals surface area contributed by atoms with E-state index in [-0.39, 0.29) is 0 Å². The average Bonchev–Trinajstić information content (AvgIpc) is 2.25. The molecule has 1 unspecified atom stereocenters. The topological polar surface area (TPSA) is 70.3 Å². The van der Waals surface area contributed by atoms with E-state index in [1.165, 1.54) is 0 Å². The lowest BCUT2D eigenvalue weighted by atomic mass is 10.0. The Kier molecular flexibility index (Phi) is 4.41. The molecule has 1 rings (SSSR count). The summed E-state index contributed by atoms with van der Waals surface area (Å²) in [5, 5.41) is 17.8. The third kappa shape index (κ3) is 3.14. The van der Waals surface area contributed by atoms with Gasteiger partial charge in [-0.15, -0.1) is 11.8 Å². The first-order chi connectivity index (χ1) is 7.99. The molecule has 0 aromatic heterocycles. The number of hydrogen-bond donors (Lipinski definition) is 1. The van der Waals surface area contributed by atoms with Gasteiger partial charge in [0.1, 0.15) is 5.75 Å². The number of aryl methyl sites for hydroxylation is 2. The minimum Gasteiger partial charge on any atom is -0.478 e. The van der Waals surface area contributed by atoms with Crippen LogP contribution in [-0.4, -0.2) is 22.8 Å². The normalized spacial score (nSPS) is 11.6. The molecular weight excluding hydrogens is 238 g/mol. The van der Waals surface area contributed by atoms with Crippen LogP contribution in [0.3, 0.4) is 0 Å². The molecule has 1 aromatic carbocycles. The number of nitrogens with zero attached hydrogens (tertiary/aromatic N) is 1. The van der Waals surface area contributed by atoms with E-state index in [0.29, 0.717) is 11.3 Å². The molecular formula is C12H13NO3S. The molecule has 0 fully saturated rings. The Labute approximate surface area is 104 Å². The van der Waals surface area contributed by atoms with Crippen molar-refractivity contribution in [1.82, 2.24) is 0 Å². The van der Waals surface area contributed by atoms with Crippen molar-refractivity contribution in [1.29, 1.82) is 5.26 Å². The average molecular weight is 251 g/mol. The van der Waals surface area contributed by atoms with Gasteiger partial charge in [-0.25, -0.2) is 4.79 Å². The van der Waals surface area contributed by atoms with Gasteiger partial charge in [-0.2, -0.15) is 5.26 Å². The Hall–Kier alpha value is -1.67. The summed E-state index contributed by atoms with van der Waals surface area (Å²) in [4.78, 5) is 10.8. The first kappa shape index (κ1) is 13.4. The van der Waals surface area contributed by atoms with Crippen molar-refractivity contribution < 1.29 is 14.6 Å². The van der Waals surface area contributed by atoms with Crippen LogP contribution in [0, 0.1) is 25.2 Å². The van der Waals surface area contributed by atoms with E-state index < -0.39 is 11.4 Å². The molecule has 0 spiro atoms. The third-order valence-electron chi connectivity index (χ3n) is 2.28. The predicted octanol–water partition coefficient (Wildman–Crippen LogP) is 2.33. The minimum atomic E-state index is -1.02. The van der Waals surface area contributed by atoms with E-state index in [4.69, 9.17) is 15.1 Å². The van der Waals surface area contributed by atoms with E-state index in [9.17, 15) is 4.79 Å². The minimum absolute atomic E-state index is 0.473. The van der Waals surface area contributed by atoms with Crippen molar-refractivity contribution in [3.05, 3.63) is 28.8 Å². The summed E-state index contributed by atoms with van der Waals surface area (Å²) < 4.78 is 5.34. The Morgan fingerprint density at radius 3 is 2.35 bits per heavy atom. The Morgan fingerprint density at radius 2 is 2.00 bits per heavy atom. The highest BCUT2D eigenvalue weighted by Gasteiger charge is 2.18. The van der Waals surface area contributed by atoms with E-state index >= 15 is 0 Å². The van der Waals surface area contributed by atoms with Crippen LogP contribution in [0.4, 0.5) is 0 Å². The second kappa shape index (κ2) is 5.60. The second-order valence-electron chi connectivity index (χ2n) is 3.57. The number of thioether (sulfide) groups is 1.